The van der Waals surface area contributed by atoms with Crippen LogP contribution in [0.25, 0.3) is 0 Å². The third kappa shape index (κ3) is 10.1. The fourth-order valence-corrected chi connectivity index (χ4v) is 1.98. The fraction of sp³-hybridized carbons (Fsp3) is 0.800. The van der Waals surface area contributed by atoms with Gasteiger partial charge in [0.15, 0.2) is 0 Å². The van der Waals surface area contributed by atoms with Crippen molar-refractivity contribution in [2.75, 3.05) is 19.8 Å². The lowest BCUT2D eigenvalue weighted by Gasteiger charge is -2.23. The zero-order chi connectivity index (χ0) is 17.1. The zero-order valence-electron chi connectivity index (χ0n) is 13.8. The second-order valence-electron chi connectivity index (χ2n) is 5.95. The first kappa shape index (κ1) is 20.4. The Morgan fingerprint density at radius 1 is 1.18 bits per heavy atom. The number of carbonyl (C=O) groups is 3. The molecule has 0 aromatic rings. The molecular formula is C15H27NO6. The van der Waals surface area contributed by atoms with Gasteiger partial charge >= 0.3 is 11.9 Å². The molecule has 128 valence electrons. The number of ether oxygens (including phenoxy) is 1. The Labute approximate surface area is 131 Å². The van der Waals surface area contributed by atoms with Crippen molar-refractivity contribution >= 4 is 18.3 Å². The molecule has 22 heavy (non-hydrogen) atoms. The summed E-state index contributed by atoms with van der Waals surface area (Å²) in [5, 5.41) is 9.97. The number of esters is 1. The number of rotatable bonds is 12. The number of hydroxylamine groups is 2. The van der Waals surface area contributed by atoms with Gasteiger partial charge in [0.05, 0.1) is 12.5 Å². The van der Waals surface area contributed by atoms with Crippen LogP contribution >= 0.6 is 0 Å². The quantitative estimate of drug-likeness (QED) is 0.255. The van der Waals surface area contributed by atoms with E-state index in [9.17, 15) is 14.4 Å². The lowest BCUT2D eigenvalue weighted by atomic mass is 9.94. The SMILES string of the molecule is CC(C)C[C@@H](CC(=O)O)CN(C=O)OCCOC(=O)C(C)C. The molecule has 1 N–H and O–H groups in total. The highest BCUT2D eigenvalue weighted by atomic mass is 16.7. The Bertz CT molecular complexity index is 356. The molecule has 0 unspecified atom stereocenters. The number of nitrogens with zero attached hydrogens (tertiary/aromatic N) is 1. The Kier molecular flexibility index (Phi) is 10.2. The summed E-state index contributed by atoms with van der Waals surface area (Å²) in [5.41, 5.74) is 0. The van der Waals surface area contributed by atoms with E-state index in [1.54, 1.807) is 13.8 Å². The van der Waals surface area contributed by atoms with Crippen molar-refractivity contribution in [3.63, 3.8) is 0 Å². The average Bonchev–Trinajstić information content (AvgIpc) is 2.39. The molecular weight excluding hydrogens is 290 g/mol. The smallest absolute Gasteiger partial charge is 0.308 e. The molecule has 0 aromatic carbocycles. The van der Waals surface area contributed by atoms with Gasteiger partial charge in [0.2, 0.25) is 6.41 Å². The van der Waals surface area contributed by atoms with E-state index in [1.165, 1.54) is 0 Å². The molecule has 0 fully saturated rings. The van der Waals surface area contributed by atoms with E-state index in [1.807, 2.05) is 13.8 Å². The zero-order valence-corrected chi connectivity index (χ0v) is 13.8. The van der Waals surface area contributed by atoms with Crippen LogP contribution in [0.3, 0.4) is 0 Å². The minimum atomic E-state index is -0.901. The average molecular weight is 317 g/mol. The summed E-state index contributed by atoms with van der Waals surface area (Å²) in [6, 6.07) is 0. The monoisotopic (exact) mass is 317 g/mol. The molecule has 0 saturated heterocycles. The van der Waals surface area contributed by atoms with Crippen LogP contribution in [0.2, 0.25) is 0 Å². The van der Waals surface area contributed by atoms with E-state index in [0.29, 0.717) is 18.7 Å². The van der Waals surface area contributed by atoms with Crippen LogP contribution < -0.4 is 0 Å². The van der Waals surface area contributed by atoms with E-state index >= 15 is 0 Å². The van der Waals surface area contributed by atoms with Crippen molar-refractivity contribution in [2.24, 2.45) is 17.8 Å². The molecule has 1 atom stereocenters. The first-order valence-corrected chi connectivity index (χ1v) is 7.49. The molecule has 7 heteroatoms. The van der Waals surface area contributed by atoms with Crippen molar-refractivity contribution in [1.29, 1.82) is 0 Å². The van der Waals surface area contributed by atoms with Crippen molar-refractivity contribution in [3.8, 4) is 0 Å². The van der Waals surface area contributed by atoms with E-state index < -0.39 is 5.97 Å². The minimum Gasteiger partial charge on any atom is -0.481 e. The summed E-state index contributed by atoms with van der Waals surface area (Å²) in [7, 11) is 0. The minimum absolute atomic E-state index is 0.0196. The van der Waals surface area contributed by atoms with Gasteiger partial charge < -0.3 is 9.84 Å². The first-order chi connectivity index (χ1) is 10.3. The maximum Gasteiger partial charge on any atom is 0.308 e. The Morgan fingerprint density at radius 2 is 1.82 bits per heavy atom. The number of hydrogen-bond acceptors (Lipinski definition) is 5. The van der Waals surface area contributed by atoms with Crippen LogP contribution in [0.1, 0.15) is 40.5 Å². The van der Waals surface area contributed by atoms with Crippen LogP contribution in [-0.4, -0.2) is 48.3 Å². The van der Waals surface area contributed by atoms with Crippen LogP contribution in [0.4, 0.5) is 0 Å². The summed E-state index contributed by atoms with van der Waals surface area (Å²) < 4.78 is 4.93. The third-order valence-electron chi connectivity index (χ3n) is 2.88. The standard InChI is InChI=1S/C15H27NO6/c1-11(2)7-13(8-14(18)19)9-16(10-17)22-6-5-21-15(20)12(3)4/h10-13H,5-9H2,1-4H3,(H,18,19)/t13-/m0/s1. The van der Waals surface area contributed by atoms with E-state index in [4.69, 9.17) is 14.7 Å². The number of carbonyl (C=O) groups excluding carboxylic acids is 2. The largest absolute Gasteiger partial charge is 0.481 e. The van der Waals surface area contributed by atoms with Gasteiger partial charge in [-0.2, -0.15) is 0 Å². The molecule has 0 heterocycles. The number of hydrogen-bond donors (Lipinski definition) is 1. The second-order valence-corrected chi connectivity index (χ2v) is 5.95. The van der Waals surface area contributed by atoms with E-state index in [2.05, 4.69) is 0 Å². The lowest BCUT2D eigenvalue weighted by Crippen LogP contribution is -2.32. The Balaban J connectivity index is 4.22. The predicted octanol–water partition coefficient (Wildman–Crippen LogP) is 1.71. The number of carboxylic acid groups (broad SMARTS) is 1. The molecule has 0 radical (unpaired) electrons. The normalized spacial score (nSPS) is 12.3. The molecule has 1 amide bonds. The Hall–Kier alpha value is -1.63. The summed E-state index contributed by atoms with van der Waals surface area (Å²) in [6.07, 6.45) is 1.18. The molecule has 0 saturated carbocycles. The molecule has 0 rings (SSSR count). The molecule has 0 aliphatic heterocycles. The summed E-state index contributed by atoms with van der Waals surface area (Å²) in [5.74, 6) is -1.30. The van der Waals surface area contributed by atoms with Crippen molar-refractivity contribution in [1.82, 2.24) is 5.06 Å². The maximum atomic E-state index is 11.3. The fourth-order valence-electron chi connectivity index (χ4n) is 1.98. The topological polar surface area (TPSA) is 93.1 Å². The highest BCUT2D eigenvalue weighted by Gasteiger charge is 2.19. The van der Waals surface area contributed by atoms with E-state index in [-0.39, 0.29) is 44.0 Å². The van der Waals surface area contributed by atoms with Gasteiger partial charge in [-0.25, -0.2) is 5.06 Å². The third-order valence-corrected chi connectivity index (χ3v) is 2.88. The van der Waals surface area contributed by atoms with Gasteiger partial charge in [-0.3, -0.25) is 19.2 Å². The van der Waals surface area contributed by atoms with E-state index in [0.717, 1.165) is 5.06 Å². The van der Waals surface area contributed by atoms with Crippen molar-refractivity contribution < 1.29 is 29.1 Å². The van der Waals surface area contributed by atoms with Crippen molar-refractivity contribution in [3.05, 3.63) is 0 Å². The van der Waals surface area contributed by atoms with Gasteiger partial charge in [0, 0.05) is 6.42 Å². The van der Waals surface area contributed by atoms with Crippen LogP contribution in [0.15, 0.2) is 0 Å². The summed E-state index contributed by atoms with van der Waals surface area (Å²) in [4.78, 5) is 38.3. The summed E-state index contributed by atoms with van der Waals surface area (Å²) >= 11 is 0. The van der Waals surface area contributed by atoms with Crippen LogP contribution in [0.5, 0.6) is 0 Å². The number of carboxylic acids is 1. The highest BCUT2D eigenvalue weighted by Crippen LogP contribution is 2.16. The number of amides is 1. The predicted molar refractivity (Wildman–Crippen MR) is 79.7 cm³/mol. The van der Waals surface area contributed by atoms with Gasteiger partial charge in [-0.1, -0.05) is 27.7 Å². The lowest BCUT2D eigenvalue weighted by molar-refractivity contribution is -0.184. The van der Waals surface area contributed by atoms with Gasteiger partial charge in [0.1, 0.15) is 13.2 Å². The van der Waals surface area contributed by atoms with Crippen molar-refractivity contribution in [2.45, 2.75) is 40.5 Å². The highest BCUT2D eigenvalue weighted by molar-refractivity contribution is 5.71. The van der Waals surface area contributed by atoms with Gasteiger partial charge in [0.25, 0.3) is 0 Å². The van der Waals surface area contributed by atoms with Crippen LogP contribution in [-0.2, 0) is 24.0 Å². The van der Waals surface area contributed by atoms with Gasteiger partial charge in [-0.05, 0) is 18.3 Å². The maximum absolute atomic E-state index is 11.3. The molecule has 0 bridgehead atoms. The van der Waals surface area contributed by atoms with Gasteiger partial charge in [-0.15, -0.1) is 0 Å². The Morgan fingerprint density at radius 3 is 2.27 bits per heavy atom. The molecule has 0 aliphatic rings. The molecule has 0 aliphatic carbocycles. The molecule has 0 spiro atoms. The summed E-state index contributed by atoms with van der Waals surface area (Å²) in [6.45, 7) is 7.74. The molecule has 7 nitrogen and oxygen atoms in total. The first-order valence-electron chi connectivity index (χ1n) is 7.49. The van der Waals surface area contributed by atoms with Crippen LogP contribution in [0, 0.1) is 17.8 Å². The second kappa shape index (κ2) is 11.0. The number of aliphatic carboxylic acids is 1. The molecule has 0 aromatic heterocycles.